The van der Waals surface area contributed by atoms with Gasteiger partial charge in [-0.1, -0.05) is 0 Å². The fourth-order valence-electron chi connectivity index (χ4n) is 1.87. The standard InChI is InChI=1S/C12H18O12/c13-1-3(15)5(17)6(18)7(19)11(21)24-10-8(20)12(22)23-9(10)4(16)2-14/h3-7,9-10,13-19H,1-2H2/t3-,4+,5-,6+,7+,9-,10?/m1/s1. The van der Waals surface area contributed by atoms with E-state index < -0.39 is 73.7 Å². The second-order valence-electron chi connectivity index (χ2n) is 5.02. The zero-order valence-electron chi connectivity index (χ0n) is 12.1. The molecule has 0 aliphatic carbocycles. The first kappa shape index (κ1) is 20.4. The molecule has 0 spiro atoms. The van der Waals surface area contributed by atoms with Crippen LogP contribution in [0.5, 0.6) is 0 Å². The number of hydrogen-bond donors (Lipinski definition) is 7. The van der Waals surface area contributed by atoms with Gasteiger partial charge >= 0.3 is 11.9 Å². The van der Waals surface area contributed by atoms with Gasteiger partial charge in [-0.15, -0.1) is 0 Å². The minimum Gasteiger partial charge on any atom is -0.449 e. The van der Waals surface area contributed by atoms with Crippen molar-refractivity contribution in [2.45, 2.75) is 42.7 Å². The summed E-state index contributed by atoms with van der Waals surface area (Å²) in [6, 6.07) is 0. The van der Waals surface area contributed by atoms with Crippen molar-refractivity contribution >= 4 is 17.7 Å². The number of hydrogen-bond acceptors (Lipinski definition) is 12. The molecule has 1 aliphatic rings. The van der Waals surface area contributed by atoms with Crippen LogP contribution in [0.4, 0.5) is 0 Å². The van der Waals surface area contributed by atoms with Crippen molar-refractivity contribution in [1.29, 1.82) is 0 Å². The lowest BCUT2D eigenvalue weighted by atomic mass is 10.0. The average molecular weight is 354 g/mol. The van der Waals surface area contributed by atoms with Crippen LogP contribution >= 0.6 is 0 Å². The van der Waals surface area contributed by atoms with Crippen LogP contribution in [0.3, 0.4) is 0 Å². The summed E-state index contributed by atoms with van der Waals surface area (Å²) in [5.74, 6) is -4.46. The molecule has 7 atom stereocenters. The summed E-state index contributed by atoms with van der Waals surface area (Å²) < 4.78 is 8.95. The van der Waals surface area contributed by atoms with Crippen LogP contribution in [0, 0.1) is 0 Å². The van der Waals surface area contributed by atoms with Gasteiger partial charge in [0.1, 0.15) is 24.4 Å². The average Bonchev–Trinajstić information content (AvgIpc) is 2.86. The third kappa shape index (κ3) is 4.24. The van der Waals surface area contributed by atoms with Crippen molar-refractivity contribution in [2.75, 3.05) is 13.2 Å². The second kappa shape index (κ2) is 8.43. The minimum atomic E-state index is -2.45. The lowest BCUT2D eigenvalue weighted by molar-refractivity contribution is -0.181. The molecule has 1 fully saturated rings. The molecule has 0 aromatic rings. The van der Waals surface area contributed by atoms with Gasteiger partial charge in [-0.05, 0) is 0 Å². The molecule has 1 aliphatic heterocycles. The zero-order chi connectivity index (χ0) is 18.6. The van der Waals surface area contributed by atoms with E-state index in [4.69, 9.17) is 15.3 Å². The van der Waals surface area contributed by atoms with Crippen molar-refractivity contribution in [2.24, 2.45) is 0 Å². The first-order valence-corrected chi connectivity index (χ1v) is 6.73. The van der Waals surface area contributed by atoms with Gasteiger partial charge in [0.2, 0.25) is 6.10 Å². The highest BCUT2D eigenvalue weighted by molar-refractivity contribution is 6.37. The Morgan fingerprint density at radius 2 is 1.62 bits per heavy atom. The van der Waals surface area contributed by atoms with Crippen molar-refractivity contribution in [3.8, 4) is 0 Å². The van der Waals surface area contributed by atoms with Crippen LogP contribution in [-0.2, 0) is 23.9 Å². The Hall–Kier alpha value is -1.67. The molecular weight excluding hydrogens is 336 g/mol. The number of ketones is 1. The fraction of sp³-hybridized carbons (Fsp3) is 0.750. The normalized spacial score (nSPS) is 27.1. The van der Waals surface area contributed by atoms with Crippen molar-refractivity contribution in [1.82, 2.24) is 0 Å². The highest BCUT2D eigenvalue weighted by Gasteiger charge is 2.50. The van der Waals surface area contributed by atoms with Gasteiger partial charge in [-0.2, -0.15) is 0 Å². The number of cyclic esters (lactones) is 1. The third-order valence-corrected chi connectivity index (χ3v) is 3.31. The Bertz CT molecular complexity index is 479. The van der Waals surface area contributed by atoms with Crippen molar-refractivity contribution in [3.05, 3.63) is 0 Å². The van der Waals surface area contributed by atoms with Crippen molar-refractivity contribution in [3.63, 3.8) is 0 Å². The predicted octanol–water partition coefficient (Wildman–Crippen LogP) is -5.82. The minimum absolute atomic E-state index is 0.925. The van der Waals surface area contributed by atoms with E-state index in [1.165, 1.54) is 0 Å². The van der Waals surface area contributed by atoms with Crippen LogP contribution in [0.2, 0.25) is 0 Å². The van der Waals surface area contributed by atoms with E-state index in [1.807, 2.05) is 0 Å². The molecule has 1 rings (SSSR count). The maximum absolute atomic E-state index is 11.7. The lowest BCUT2D eigenvalue weighted by Gasteiger charge is -2.26. The van der Waals surface area contributed by atoms with Crippen molar-refractivity contribution < 1.29 is 59.6 Å². The SMILES string of the molecule is O=C1O[C@H]([C@@H](O)CO)C(OC(=O)[C@@H](O)[C@@H](O)[C@H](O)[C@H](O)CO)C1=O. The topological polar surface area (TPSA) is 211 Å². The van der Waals surface area contributed by atoms with Crippen LogP contribution in [-0.4, -0.2) is 109 Å². The van der Waals surface area contributed by atoms with E-state index >= 15 is 0 Å². The quantitative estimate of drug-likeness (QED) is 0.160. The third-order valence-electron chi connectivity index (χ3n) is 3.31. The van der Waals surface area contributed by atoms with Crippen LogP contribution in [0.15, 0.2) is 0 Å². The largest absolute Gasteiger partial charge is 0.449 e. The number of aliphatic hydroxyl groups is 7. The summed E-state index contributed by atoms with van der Waals surface area (Å²) in [5.41, 5.74) is 0. The number of carbonyl (C=O) groups excluding carboxylic acids is 3. The molecule has 0 radical (unpaired) electrons. The molecular formula is C12H18O12. The monoisotopic (exact) mass is 354 g/mol. The molecule has 12 nitrogen and oxygen atoms in total. The number of aliphatic hydroxyl groups excluding tert-OH is 7. The number of ether oxygens (including phenoxy) is 2. The summed E-state index contributed by atoms with van der Waals surface area (Å²) in [6.45, 7) is -1.90. The number of rotatable bonds is 8. The molecule has 1 saturated heterocycles. The molecule has 7 N–H and O–H groups in total. The zero-order valence-corrected chi connectivity index (χ0v) is 12.1. The van der Waals surface area contributed by atoms with Gasteiger partial charge in [0.05, 0.1) is 13.2 Å². The number of carbonyl (C=O) groups is 3. The summed E-state index contributed by atoms with van der Waals surface area (Å²) in [6.07, 6.45) is -14.2. The van der Waals surface area contributed by atoms with E-state index in [0.29, 0.717) is 0 Å². The van der Waals surface area contributed by atoms with E-state index in [9.17, 15) is 34.8 Å². The molecule has 0 amide bonds. The van der Waals surface area contributed by atoms with Gasteiger partial charge in [-0.3, -0.25) is 4.79 Å². The second-order valence-corrected chi connectivity index (χ2v) is 5.02. The summed E-state index contributed by atoms with van der Waals surface area (Å²) >= 11 is 0. The van der Waals surface area contributed by atoms with Gasteiger partial charge in [0.15, 0.2) is 12.2 Å². The fourth-order valence-corrected chi connectivity index (χ4v) is 1.87. The smallest absolute Gasteiger partial charge is 0.379 e. The molecule has 138 valence electrons. The number of Topliss-reactive ketones (excluding diaryl/α,β-unsaturated/α-hetero) is 1. The predicted molar refractivity (Wildman–Crippen MR) is 69.0 cm³/mol. The highest BCUT2D eigenvalue weighted by Crippen LogP contribution is 2.20. The van der Waals surface area contributed by atoms with E-state index in [1.54, 1.807) is 0 Å². The van der Waals surface area contributed by atoms with Gasteiger partial charge in [-0.25, -0.2) is 9.59 Å². The summed E-state index contributed by atoms with van der Waals surface area (Å²) in [5, 5.41) is 64.5. The molecule has 1 heterocycles. The Morgan fingerprint density at radius 1 is 1.04 bits per heavy atom. The summed E-state index contributed by atoms with van der Waals surface area (Å²) in [4.78, 5) is 34.4. The first-order chi connectivity index (χ1) is 11.1. The molecule has 0 aromatic heterocycles. The Balaban J connectivity index is 2.80. The maximum atomic E-state index is 11.7. The van der Waals surface area contributed by atoms with Crippen LogP contribution in [0.25, 0.3) is 0 Å². The molecule has 0 saturated carbocycles. The lowest BCUT2D eigenvalue weighted by Crippen LogP contribution is -2.51. The molecule has 12 heteroatoms. The summed E-state index contributed by atoms with van der Waals surface area (Å²) in [7, 11) is 0. The van der Waals surface area contributed by atoms with Gasteiger partial charge in [0, 0.05) is 0 Å². The van der Waals surface area contributed by atoms with Crippen LogP contribution in [0.1, 0.15) is 0 Å². The first-order valence-electron chi connectivity index (χ1n) is 6.73. The van der Waals surface area contributed by atoms with E-state index in [2.05, 4.69) is 9.47 Å². The molecule has 1 unspecified atom stereocenters. The number of esters is 2. The molecule has 0 bridgehead atoms. The maximum Gasteiger partial charge on any atom is 0.379 e. The van der Waals surface area contributed by atoms with E-state index in [-0.39, 0.29) is 0 Å². The van der Waals surface area contributed by atoms with Crippen LogP contribution < -0.4 is 0 Å². The molecule has 24 heavy (non-hydrogen) atoms. The Morgan fingerprint density at radius 3 is 2.12 bits per heavy atom. The Labute approximate surface area is 134 Å². The van der Waals surface area contributed by atoms with Gasteiger partial charge < -0.3 is 45.2 Å². The van der Waals surface area contributed by atoms with Gasteiger partial charge in [0.25, 0.3) is 5.78 Å². The highest BCUT2D eigenvalue weighted by atomic mass is 16.6. The molecule has 0 aromatic carbocycles. The van der Waals surface area contributed by atoms with E-state index in [0.717, 1.165) is 0 Å². The Kier molecular flexibility index (Phi) is 7.16.